The van der Waals surface area contributed by atoms with Crippen LogP contribution < -0.4 is 10.2 Å². The van der Waals surface area contributed by atoms with E-state index < -0.39 is 0 Å². The van der Waals surface area contributed by atoms with E-state index in [2.05, 4.69) is 38.0 Å². The second-order valence-corrected chi connectivity index (χ2v) is 8.60. The zero-order valence-electron chi connectivity index (χ0n) is 18.2. The number of carbonyl (C=O) groups is 1. The molecule has 1 aliphatic heterocycles. The molecule has 7 nitrogen and oxygen atoms in total. The number of aromatic nitrogens is 2. The first-order valence-corrected chi connectivity index (χ1v) is 11.6. The van der Waals surface area contributed by atoms with Crippen molar-refractivity contribution >= 4 is 29.0 Å². The molecule has 0 radical (unpaired) electrons. The predicted octanol–water partition coefficient (Wildman–Crippen LogP) is 4.08. The fourth-order valence-corrected chi connectivity index (χ4v) is 4.25. The summed E-state index contributed by atoms with van der Waals surface area (Å²) in [5, 5.41) is 11.6. The highest BCUT2D eigenvalue weighted by Crippen LogP contribution is 2.28. The molecule has 1 N–H and O–H groups in total. The normalized spacial score (nSPS) is 14.3. The van der Waals surface area contributed by atoms with Gasteiger partial charge in [-0.2, -0.15) is 0 Å². The first kappa shape index (κ1) is 22.1. The fraction of sp³-hybridized carbons (Fsp3) is 0.292. The van der Waals surface area contributed by atoms with Crippen LogP contribution in [0.4, 0.5) is 11.4 Å². The number of anilines is 2. The average Bonchev–Trinajstić information content (AvgIpc) is 3.28. The molecule has 1 saturated heterocycles. The standard InChI is InChI=1S/C24H27N5O2S/c1-3-11-28-12-14-29(15-13-28)21-10-5-4-9-20(21)25-22(30)17-32-24-27-26-23(31-24)19-8-6-7-18(2)16-19/h3-10,16H,1,11-15,17H2,2H3,(H,25,30). The first-order chi connectivity index (χ1) is 15.6. The lowest BCUT2D eigenvalue weighted by Gasteiger charge is -2.36. The molecule has 0 atom stereocenters. The fourth-order valence-electron chi connectivity index (χ4n) is 3.69. The van der Waals surface area contributed by atoms with Crippen molar-refractivity contribution in [2.45, 2.75) is 12.1 Å². The lowest BCUT2D eigenvalue weighted by atomic mass is 10.1. The van der Waals surface area contributed by atoms with Crippen molar-refractivity contribution in [3.8, 4) is 11.5 Å². The van der Waals surface area contributed by atoms with Crippen LogP contribution in [0.15, 0.2) is 70.8 Å². The van der Waals surface area contributed by atoms with Crippen molar-refractivity contribution in [3.63, 3.8) is 0 Å². The van der Waals surface area contributed by atoms with Crippen LogP contribution in [0.5, 0.6) is 0 Å². The molecule has 3 aromatic rings. The largest absolute Gasteiger partial charge is 0.411 e. The number of piperazine rings is 1. The van der Waals surface area contributed by atoms with Gasteiger partial charge in [0.25, 0.3) is 5.22 Å². The molecule has 1 fully saturated rings. The Balaban J connectivity index is 1.34. The van der Waals surface area contributed by atoms with Crippen molar-refractivity contribution in [1.29, 1.82) is 0 Å². The zero-order chi connectivity index (χ0) is 22.3. The van der Waals surface area contributed by atoms with Gasteiger partial charge in [-0.3, -0.25) is 9.69 Å². The second-order valence-electron chi connectivity index (χ2n) is 7.67. The summed E-state index contributed by atoms with van der Waals surface area (Å²) in [5.74, 6) is 0.539. The van der Waals surface area contributed by atoms with E-state index in [1.54, 1.807) is 0 Å². The van der Waals surface area contributed by atoms with Gasteiger partial charge in [0.2, 0.25) is 11.8 Å². The van der Waals surface area contributed by atoms with E-state index in [0.29, 0.717) is 11.1 Å². The van der Waals surface area contributed by atoms with Crippen molar-refractivity contribution in [3.05, 3.63) is 66.7 Å². The van der Waals surface area contributed by atoms with Gasteiger partial charge in [-0.15, -0.1) is 16.8 Å². The Hall–Kier alpha value is -3.10. The molecule has 0 unspecified atom stereocenters. The van der Waals surface area contributed by atoms with Crippen LogP contribution in [-0.4, -0.2) is 59.5 Å². The minimum absolute atomic E-state index is 0.108. The van der Waals surface area contributed by atoms with E-state index in [4.69, 9.17) is 4.42 Å². The molecule has 2 aromatic carbocycles. The maximum atomic E-state index is 12.6. The molecule has 0 aliphatic carbocycles. The van der Waals surface area contributed by atoms with E-state index >= 15 is 0 Å². The molecule has 166 valence electrons. The van der Waals surface area contributed by atoms with E-state index in [0.717, 1.165) is 55.2 Å². The van der Waals surface area contributed by atoms with Crippen LogP contribution in [0.1, 0.15) is 5.56 Å². The Bertz CT molecular complexity index is 1080. The molecule has 0 spiro atoms. The number of nitrogens with one attached hydrogen (secondary N) is 1. The summed E-state index contributed by atoms with van der Waals surface area (Å²) in [6.45, 7) is 10.5. The number of rotatable bonds is 8. The third-order valence-corrected chi connectivity index (χ3v) is 6.10. The smallest absolute Gasteiger partial charge is 0.277 e. The van der Waals surface area contributed by atoms with E-state index in [9.17, 15) is 4.79 Å². The summed E-state index contributed by atoms with van der Waals surface area (Å²) in [4.78, 5) is 17.3. The summed E-state index contributed by atoms with van der Waals surface area (Å²) >= 11 is 1.23. The number of hydrogen-bond donors (Lipinski definition) is 1. The maximum absolute atomic E-state index is 12.6. The summed E-state index contributed by atoms with van der Waals surface area (Å²) in [6, 6.07) is 15.8. The van der Waals surface area contributed by atoms with E-state index in [1.807, 2.05) is 55.5 Å². The predicted molar refractivity (Wildman–Crippen MR) is 129 cm³/mol. The Labute approximate surface area is 192 Å². The Morgan fingerprint density at radius 2 is 1.97 bits per heavy atom. The van der Waals surface area contributed by atoms with Crippen LogP contribution in [-0.2, 0) is 4.79 Å². The molecule has 1 aromatic heterocycles. The van der Waals surface area contributed by atoms with Crippen molar-refractivity contribution < 1.29 is 9.21 Å². The maximum Gasteiger partial charge on any atom is 0.277 e. The molecule has 0 bridgehead atoms. The minimum Gasteiger partial charge on any atom is -0.411 e. The van der Waals surface area contributed by atoms with Crippen molar-refractivity contribution in [1.82, 2.24) is 15.1 Å². The lowest BCUT2D eigenvalue weighted by Crippen LogP contribution is -2.46. The summed E-state index contributed by atoms with van der Waals surface area (Å²) in [7, 11) is 0. The molecular weight excluding hydrogens is 422 g/mol. The van der Waals surface area contributed by atoms with Gasteiger partial charge >= 0.3 is 0 Å². The van der Waals surface area contributed by atoms with E-state index in [-0.39, 0.29) is 11.7 Å². The Morgan fingerprint density at radius 1 is 1.16 bits per heavy atom. The SMILES string of the molecule is C=CCN1CCN(c2ccccc2NC(=O)CSc2nnc(-c3cccc(C)c3)o2)CC1. The second kappa shape index (κ2) is 10.5. The number of benzene rings is 2. The number of thioether (sulfide) groups is 1. The summed E-state index contributed by atoms with van der Waals surface area (Å²) in [5.41, 5.74) is 3.86. The van der Waals surface area contributed by atoms with Gasteiger partial charge in [-0.1, -0.05) is 47.7 Å². The van der Waals surface area contributed by atoms with Gasteiger partial charge in [0.15, 0.2) is 0 Å². The van der Waals surface area contributed by atoms with Gasteiger partial charge in [0, 0.05) is 38.3 Å². The molecule has 32 heavy (non-hydrogen) atoms. The Morgan fingerprint density at radius 3 is 2.75 bits per heavy atom. The summed E-state index contributed by atoms with van der Waals surface area (Å²) < 4.78 is 5.71. The number of hydrogen-bond acceptors (Lipinski definition) is 7. The average molecular weight is 450 g/mol. The van der Waals surface area contributed by atoms with Gasteiger partial charge in [0.1, 0.15) is 0 Å². The van der Waals surface area contributed by atoms with Crippen molar-refractivity contribution in [2.75, 3.05) is 48.7 Å². The molecule has 1 amide bonds. The van der Waals surface area contributed by atoms with Crippen LogP contribution in [0.25, 0.3) is 11.5 Å². The molecular formula is C24H27N5O2S. The van der Waals surface area contributed by atoms with Gasteiger partial charge in [-0.05, 0) is 31.2 Å². The zero-order valence-corrected chi connectivity index (χ0v) is 19.0. The lowest BCUT2D eigenvalue weighted by molar-refractivity contribution is -0.113. The minimum atomic E-state index is -0.108. The van der Waals surface area contributed by atoms with Gasteiger partial charge < -0.3 is 14.6 Å². The van der Waals surface area contributed by atoms with Crippen LogP contribution >= 0.6 is 11.8 Å². The van der Waals surface area contributed by atoms with Crippen LogP contribution in [0, 0.1) is 6.92 Å². The Kier molecular flexibility index (Phi) is 7.24. The molecule has 4 rings (SSSR count). The van der Waals surface area contributed by atoms with Gasteiger partial charge in [-0.25, -0.2) is 0 Å². The van der Waals surface area contributed by atoms with Crippen LogP contribution in [0.3, 0.4) is 0 Å². The number of para-hydroxylation sites is 2. The number of amides is 1. The molecule has 2 heterocycles. The summed E-state index contributed by atoms with van der Waals surface area (Å²) in [6.07, 6.45) is 1.94. The number of carbonyl (C=O) groups excluding carboxylic acids is 1. The number of nitrogens with zero attached hydrogens (tertiary/aromatic N) is 4. The highest BCUT2D eigenvalue weighted by Gasteiger charge is 2.19. The van der Waals surface area contributed by atoms with E-state index in [1.165, 1.54) is 11.8 Å². The van der Waals surface area contributed by atoms with Crippen LogP contribution in [0.2, 0.25) is 0 Å². The number of aryl methyl sites for hydroxylation is 1. The molecule has 0 saturated carbocycles. The molecule has 1 aliphatic rings. The highest BCUT2D eigenvalue weighted by molar-refractivity contribution is 7.99. The third-order valence-electron chi connectivity index (χ3n) is 5.28. The highest BCUT2D eigenvalue weighted by atomic mass is 32.2. The monoisotopic (exact) mass is 449 g/mol. The first-order valence-electron chi connectivity index (χ1n) is 10.6. The topological polar surface area (TPSA) is 74.5 Å². The quantitative estimate of drug-likeness (QED) is 0.410. The van der Waals surface area contributed by atoms with Crippen molar-refractivity contribution in [2.24, 2.45) is 0 Å². The third kappa shape index (κ3) is 5.57. The van der Waals surface area contributed by atoms with Gasteiger partial charge in [0.05, 0.1) is 17.1 Å². The molecule has 8 heteroatoms.